The Labute approximate surface area is 200 Å². The molecule has 0 radical (unpaired) electrons. The number of fused-ring (bicyclic) bond motifs is 3. The fourth-order valence-electron chi connectivity index (χ4n) is 4.32. The first-order valence-corrected chi connectivity index (χ1v) is 11.7. The minimum absolute atomic E-state index is 0.886. The Kier molecular flexibility index (Phi) is 4.97. The minimum atomic E-state index is 0.886. The quantitative estimate of drug-likeness (QED) is 0.245. The van der Waals surface area contributed by atoms with E-state index in [2.05, 4.69) is 118 Å². The highest BCUT2D eigenvalue weighted by molar-refractivity contribution is 9.10. The number of hydrogen-bond donors (Lipinski definition) is 0. The van der Waals surface area contributed by atoms with Gasteiger partial charge in [-0.15, -0.1) is 0 Å². The largest absolute Gasteiger partial charge is 0.456 e. The van der Waals surface area contributed by atoms with E-state index in [0.29, 0.717) is 0 Å². The zero-order valence-corrected chi connectivity index (χ0v) is 19.4. The van der Waals surface area contributed by atoms with Gasteiger partial charge in [0.05, 0.1) is 0 Å². The zero-order valence-electron chi connectivity index (χ0n) is 17.8. The van der Waals surface area contributed by atoms with E-state index in [9.17, 15) is 0 Å². The Morgan fingerprint density at radius 1 is 0.485 bits per heavy atom. The fourth-order valence-corrected chi connectivity index (χ4v) is 4.59. The Morgan fingerprint density at radius 3 is 1.82 bits per heavy atom. The average molecular weight is 490 g/mol. The first-order chi connectivity index (χ1) is 16.3. The van der Waals surface area contributed by atoms with Crippen LogP contribution in [0.2, 0.25) is 0 Å². The number of anilines is 3. The summed E-state index contributed by atoms with van der Waals surface area (Å²) in [7, 11) is 0. The van der Waals surface area contributed by atoms with Gasteiger partial charge in [0.15, 0.2) is 0 Å². The van der Waals surface area contributed by atoms with Gasteiger partial charge in [0.1, 0.15) is 11.2 Å². The number of hydrogen-bond acceptors (Lipinski definition) is 2. The van der Waals surface area contributed by atoms with Crippen LogP contribution in [0.25, 0.3) is 33.1 Å². The number of para-hydroxylation sites is 1. The molecule has 6 aromatic rings. The van der Waals surface area contributed by atoms with E-state index < -0.39 is 0 Å². The second-order valence-corrected chi connectivity index (χ2v) is 8.92. The van der Waals surface area contributed by atoms with Gasteiger partial charge in [-0.3, -0.25) is 0 Å². The minimum Gasteiger partial charge on any atom is -0.456 e. The van der Waals surface area contributed by atoms with Crippen LogP contribution in [-0.2, 0) is 0 Å². The molecule has 3 heteroatoms. The summed E-state index contributed by atoms with van der Waals surface area (Å²) in [6.07, 6.45) is 0. The smallest absolute Gasteiger partial charge is 0.137 e. The molecule has 0 spiro atoms. The van der Waals surface area contributed by atoms with Gasteiger partial charge in [-0.25, -0.2) is 0 Å². The maximum atomic E-state index is 6.18. The lowest BCUT2D eigenvalue weighted by molar-refractivity contribution is 0.669. The lowest BCUT2D eigenvalue weighted by atomic mass is 10.0. The van der Waals surface area contributed by atoms with E-state index in [1.54, 1.807) is 0 Å². The molecule has 0 N–H and O–H groups in total. The first-order valence-electron chi connectivity index (χ1n) is 10.9. The van der Waals surface area contributed by atoms with Crippen molar-refractivity contribution < 1.29 is 4.42 Å². The van der Waals surface area contributed by atoms with Gasteiger partial charge in [-0.2, -0.15) is 0 Å². The van der Waals surface area contributed by atoms with Crippen molar-refractivity contribution in [1.29, 1.82) is 0 Å². The third-order valence-electron chi connectivity index (χ3n) is 5.94. The van der Waals surface area contributed by atoms with Crippen molar-refractivity contribution in [2.24, 2.45) is 0 Å². The maximum Gasteiger partial charge on any atom is 0.137 e. The lowest BCUT2D eigenvalue weighted by Crippen LogP contribution is -2.09. The van der Waals surface area contributed by atoms with Gasteiger partial charge in [-0.1, -0.05) is 76.6 Å². The summed E-state index contributed by atoms with van der Waals surface area (Å²) >= 11 is 3.56. The van der Waals surface area contributed by atoms with Gasteiger partial charge in [0.25, 0.3) is 0 Å². The highest BCUT2D eigenvalue weighted by Gasteiger charge is 2.15. The van der Waals surface area contributed by atoms with Crippen molar-refractivity contribution in [1.82, 2.24) is 0 Å². The molecule has 0 saturated heterocycles. The Hall–Kier alpha value is -3.82. The molecule has 5 aromatic carbocycles. The molecule has 1 heterocycles. The molecule has 1 aromatic heterocycles. The van der Waals surface area contributed by atoms with Crippen molar-refractivity contribution in [3.05, 3.63) is 126 Å². The molecule has 0 bridgehead atoms. The third-order valence-corrected chi connectivity index (χ3v) is 6.47. The Balaban J connectivity index is 1.48. The van der Waals surface area contributed by atoms with Crippen molar-refractivity contribution in [2.75, 3.05) is 4.90 Å². The van der Waals surface area contributed by atoms with Gasteiger partial charge in [0, 0.05) is 38.4 Å². The maximum absolute atomic E-state index is 6.18. The lowest BCUT2D eigenvalue weighted by Gasteiger charge is -2.25. The van der Waals surface area contributed by atoms with E-state index >= 15 is 0 Å². The van der Waals surface area contributed by atoms with Crippen molar-refractivity contribution in [3.63, 3.8) is 0 Å². The number of furan rings is 1. The summed E-state index contributed by atoms with van der Waals surface area (Å²) in [5.41, 5.74) is 7.43. The molecule has 0 aliphatic rings. The Bertz CT molecular complexity index is 1550. The molecule has 0 aliphatic heterocycles. The van der Waals surface area contributed by atoms with Gasteiger partial charge in [0.2, 0.25) is 0 Å². The molecule has 0 amide bonds. The summed E-state index contributed by atoms with van der Waals surface area (Å²) < 4.78 is 7.23. The summed E-state index contributed by atoms with van der Waals surface area (Å²) in [4.78, 5) is 2.26. The van der Waals surface area contributed by atoms with Crippen LogP contribution in [-0.4, -0.2) is 0 Å². The topological polar surface area (TPSA) is 16.4 Å². The fraction of sp³-hybridized carbons (Fsp3) is 0. The summed E-state index contributed by atoms with van der Waals surface area (Å²) in [6.45, 7) is 0. The van der Waals surface area contributed by atoms with Crippen LogP contribution < -0.4 is 4.90 Å². The summed E-state index contributed by atoms with van der Waals surface area (Å²) in [5.74, 6) is 0. The SMILES string of the molecule is Brc1ccc(N(c2ccc(-c3ccccc3)cc2)c2ccc3c(c2)oc2ccccc23)cc1. The Morgan fingerprint density at radius 2 is 1.06 bits per heavy atom. The standard InChI is InChI=1S/C30H20BrNO/c31-23-12-16-25(17-13-23)32(24-14-10-22(11-15-24)21-6-2-1-3-7-21)26-18-19-28-27-8-4-5-9-29(27)33-30(28)20-26/h1-20H. The summed E-state index contributed by atoms with van der Waals surface area (Å²) in [5, 5.41) is 2.27. The normalized spacial score (nSPS) is 11.2. The third kappa shape index (κ3) is 3.71. The van der Waals surface area contributed by atoms with E-state index in [-0.39, 0.29) is 0 Å². The molecule has 158 valence electrons. The predicted octanol–water partition coefficient (Wildman–Crippen LogP) is 9.49. The highest BCUT2D eigenvalue weighted by atomic mass is 79.9. The average Bonchev–Trinajstić information content (AvgIpc) is 3.24. The van der Waals surface area contributed by atoms with Crippen molar-refractivity contribution >= 4 is 54.9 Å². The first kappa shape index (κ1) is 19.8. The molecule has 0 atom stereocenters. The van der Waals surface area contributed by atoms with Gasteiger partial charge in [-0.05, 0) is 65.7 Å². The van der Waals surface area contributed by atoms with Crippen LogP contribution >= 0.6 is 15.9 Å². The monoisotopic (exact) mass is 489 g/mol. The molecule has 6 rings (SSSR count). The van der Waals surface area contributed by atoms with Gasteiger partial charge < -0.3 is 9.32 Å². The number of rotatable bonds is 4. The van der Waals surface area contributed by atoms with Crippen LogP contribution in [0.5, 0.6) is 0 Å². The van der Waals surface area contributed by atoms with Crippen molar-refractivity contribution in [3.8, 4) is 11.1 Å². The van der Waals surface area contributed by atoms with E-state index in [4.69, 9.17) is 4.42 Å². The van der Waals surface area contributed by atoms with Crippen LogP contribution in [0.1, 0.15) is 0 Å². The van der Waals surface area contributed by atoms with Gasteiger partial charge >= 0.3 is 0 Å². The molecule has 2 nitrogen and oxygen atoms in total. The predicted molar refractivity (Wildman–Crippen MR) is 142 cm³/mol. The van der Waals surface area contributed by atoms with Crippen LogP contribution in [0.3, 0.4) is 0 Å². The van der Waals surface area contributed by atoms with E-state index in [1.807, 2.05) is 24.3 Å². The van der Waals surface area contributed by atoms with Crippen LogP contribution in [0, 0.1) is 0 Å². The highest BCUT2D eigenvalue weighted by Crippen LogP contribution is 2.39. The van der Waals surface area contributed by atoms with E-state index in [1.165, 1.54) is 11.1 Å². The number of benzene rings is 5. The van der Waals surface area contributed by atoms with Crippen LogP contribution in [0.15, 0.2) is 130 Å². The summed E-state index contributed by atoms with van der Waals surface area (Å²) in [6, 6.07) is 42.2. The molecule has 0 saturated carbocycles. The molecule has 0 unspecified atom stereocenters. The molecular weight excluding hydrogens is 470 g/mol. The molecule has 0 fully saturated rings. The molecular formula is C30H20BrNO. The number of halogens is 1. The van der Waals surface area contributed by atoms with Crippen molar-refractivity contribution in [2.45, 2.75) is 0 Å². The molecule has 0 aliphatic carbocycles. The van der Waals surface area contributed by atoms with Crippen LogP contribution in [0.4, 0.5) is 17.1 Å². The van der Waals surface area contributed by atoms with E-state index in [0.717, 1.165) is 43.5 Å². The second kappa shape index (κ2) is 8.27. The zero-order chi connectivity index (χ0) is 22.2. The molecule has 33 heavy (non-hydrogen) atoms. The number of nitrogens with zero attached hydrogens (tertiary/aromatic N) is 1. The second-order valence-electron chi connectivity index (χ2n) is 8.00.